The number of hydrogen-bond donors (Lipinski definition) is 1. The van der Waals surface area contributed by atoms with Crippen LogP contribution in [0.3, 0.4) is 0 Å². The lowest BCUT2D eigenvalue weighted by molar-refractivity contribution is 0.552. The normalized spacial score (nSPS) is 17.6. The van der Waals surface area contributed by atoms with Crippen molar-refractivity contribution in [2.24, 2.45) is 0 Å². The number of sulfonamides is 1. The first-order valence-electron chi connectivity index (χ1n) is 6.31. The zero-order valence-corrected chi connectivity index (χ0v) is 14.1. The maximum atomic E-state index is 12.3. The minimum absolute atomic E-state index is 0.295. The fourth-order valence-electron chi connectivity index (χ4n) is 2.53. The number of thiophene rings is 1. The number of nitrogens with one attached hydrogen (secondary N) is 1. The van der Waals surface area contributed by atoms with E-state index in [1.54, 1.807) is 6.07 Å². The molecule has 0 bridgehead atoms. The lowest BCUT2D eigenvalue weighted by Gasteiger charge is -2.30. The number of benzene rings is 1. The topological polar surface area (TPSA) is 46.2 Å². The summed E-state index contributed by atoms with van der Waals surface area (Å²) in [5, 5.41) is 0. The van der Waals surface area contributed by atoms with Crippen molar-refractivity contribution in [1.29, 1.82) is 0 Å². The van der Waals surface area contributed by atoms with Crippen LogP contribution in [0.5, 0.6) is 0 Å². The number of rotatable bonds is 4. The molecule has 106 valence electrons. The van der Waals surface area contributed by atoms with Crippen LogP contribution in [0.1, 0.15) is 21.9 Å². The number of hydrogen-bond acceptors (Lipinski definition) is 3. The van der Waals surface area contributed by atoms with Crippen LogP contribution in [0, 0.1) is 6.92 Å². The van der Waals surface area contributed by atoms with Crippen molar-refractivity contribution in [2.75, 3.05) is 6.54 Å². The van der Waals surface area contributed by atoms with E-state index >= 15 is 0 Å². The Labute approximate surface area is 131 Å². The van der Waals surface area contributed by atoms with Gasteiger partial charge in [0.25, 0.3) is 0 Å². The monoisotopic (exact) mass is 371 g/mol. The predicted molar refractivity (Wildman–Crippen MR) is 84.8 cm³/mol. The lowest BCUT2D eigenvalue weighted by Crippen LogP contribution is -2.33. The molecule has 0 saturated carbocycles. The molecular formula is C14H14BrNO2S2. The van der Waals surface area contributed by atoms with E-state index < -0.39 is 10.0 Å². The molecule has 6 heteroatoms. The summed E-state index contributed by atoms with van der Waals surface area (Å²) in [5.41, 5.74) is 2.59. The van der Waals surface area contributed by atoms with Gasteiger partial charge in [-0.25, -0.2) is 13.1 Å². The lowest BCUT2D eigenvalue weighted by atomic mass is 9.78. The van der Waals surface area contributed by atoms with Crippen LogP contribution in [-0.4, -0.2) is 15.0 Å². The molecule has 1 heterocycles. The summed E-state index contributed by atoms with van der Waals surface area (Å²) in [6.45, 7) is 2.29. The van der Waals surface area contributed by atoms with Crippen LogP contribution >= 0.6 is 27.3 Å². The van der Waals surface area contributed by atoms with Gasteiger partial charge in [0.15, 0.2) is 0 Å². The minimum Gasteiger partial charge on any atom is -0.210 e. The van der Waals surface area contributed by atoms with E-state index in [2.05, 4.69) is 32.8 Å². The molecule has 1 aromatic carbocycles. The van der Waals surface area contributed by atoms with Gasteiger partial charge in [-0.2, -0.15) is 0 Å². The Morgan fingerprint density at radius 1 is 1.40 bits per heavy atom. The van der Waals surface area contributed by atoms with Crippen LogP contribution in [0.15, 0.2) is 39.0 Å². The van der Waals surface area contributed by atoms with E-state index in [1.807, 2.05) is 19.1 Å². The summed E-state index contributed by atoms with van der Waals surface area (Å²) < 4.78 is 28.2. The van der Waals surface area contributed by atoms with Crippen LogP contribution < -0.4 is 4.72 Å². The third-order valence-electron chi connectivity index (χ3n) is 3.61. The van der Waals surface area contributed by atoms with Crippen molar-refractivity contribution < 1.29 is 8.42 Å². The van der Waals surface area contributed by atoms with E-state index in [0.717, 1.165) is 15.1 Å². The van der Waals surface area contributed by atoms with Gasteiger partial charge in [-0.05, 0) is 46.5 Å². The smallest absolute Gasteiger partial charge is 0.210 e. The second-order valence-electron chi connectivity index (χ2n) is 4.92. The molecule has 0 fully saturated rings. The SMILES string of the molecule is Cc1sc(Br)cc1S(=O)(=O)NCC1Cc2ccccc21. The van der Waals surface area contributed by atoms with Crippen LogP contribution in [0.4, 0.5) is 0 Å². The number of halogens is 1. The van der Waals surface area contributed by atoms with Crippen molar-refractivity contribution in [1.82, 2.24) is 4.72 Å². The van der Waals surface area contributed by atoms with Gasteiger partial charge in [0, 0.05) is 17.3 Å². The second kappa shape index (κ2) is 5.26. The Hall–Kier alpha value is -0.690. The average molecular weight is 372 g/mol. The Bertz CT molecular complexity index is 752. The molecule has 20 heavy (non-hydrogen) atoms. The third-order valence-corrected chi connectivity index (χ3v) is 6.85. The zero-order valence-electron chi connectivity index (χ0n) is 10.9. The first-order chi connectivity index (χ1) is 9.47. The molecule has 0 spiro atoms. The van der Waals surface area contributed by atoms with Gasteiger partial charge in [0.2, 0.25) is 10.0 Å². The molecule has 3 nitrogen and oxygen atoms in total. The maximum Gasteiger partial charge on any atom is 0.241 e. The van der Waals surface area contributed by atoms with Crippen LogP contribution in [0.2, 0.25) is 0 Å². The maximum absolute atomic E-state index is 12.3. The van der Waals surface area contributed by atoms with Crippen molar-refractivity contribution >= 4 is 37.3 Å². The largest absolute Gasteiger partial charge is 0.241 e. The quantitative estimate of drug-likeness (QED) is 0.894. The molecular weight excluding hydrogens is 358 g/mol. The van der Waals surface area contributed by atoms with Crippen molar-refractivity contribution in [3.63, 3.8) is 0 Å². The molecule has 1 atom stereocenters. The zero-order chi connectivity index (χ0) is 14.3. The minimum atomic E-state index is -3.41. The number of aryl methyl sites for hydroxylation is 1. The van der Waals surface area contributed by atoms with Gasteiger partial charge < -0.3 is 0 Å². The highest BCUT2D eigenvalue weighted by molar-refractivity contribution is 9.11. The van der Waals surface area contributed by atoms with Gasteiger partial charge in [-0.15, -0.1) is 11.3 Å². The molecule has 1 unspecified atom stereocenters. The van der Waals surface area contributed by atoms with E-state index in [4.69, 9.17) is 0 Å². The van der Waals surface area contributed by atoms with Crippen molar-refractivity contribution in [3.05, 3.63) is 50.1 Å². The van der Waals surface area contributed by atoms with Crippen molar-refractivity contribution in [3.8, 4) is 0 Å². The van der Waals surface area contributed by atoms with Crippen molar-refractivity contribution in [2.45, 2.75) is 24.2 Å². The molecule has 0 aliphatic heterocycles. The van der Waals surface area contributed by atoms with E-state index in [1.165, 1.54) is 22.5 Å². The van der Waals surface area contributed by atoms with Gasteiger partial charge in [0.1, 0.15) is 0 Å². The summed E-state index contributed by atoms with van der Waals surface area (Å²) in [6.07, 6.45) is 0.949. The highest BCUT2D eigenvalue weighted by Gasteiger charge is 2.27. The third kappa shape index (κ3) is 2.57. The molecule has 1 aromatic heterocycles. The molecule has 0 radical (unpaired) electrons. The molecule has 0 saturated heterocycles. The highest BCUT2D eigenvalue weighted by atomic mass is 79.9. The summed E-state index contributed by atoms with van der Waals surface area (Å²) in [7, 11) is -3.41. The van der Waals surface area contributed by atoms with Gasteiger partial charge >= 0.3 is 0 Å². The molecule has 0 amide bonds. The van der Waals surface area contributed by atoms with E-state index in [9.17, 15) is 8.42 Å². The summed E-state index contributed by atoms with van der Waals surface area (Å²) >= 11 is 4.76. The second-order valence-corrected chi connectivity index (χ2v) is 9.29. The fraction of sp³-hybridized carbons (Fsp3) is 0.286. The molecule has 3 rings (SSSR count). The Morgan fingerprint density at radius 3 is 2.80 bits per heavy atom. The summed E-state index contributed by atoms with van der Waals surface area (Å²) in [5.74, 6) is 0.295. The van der Waals surface area contributed by atoms with Gasteiger partial charge in [-0.3, -0.25) is 0 Å². The predicted octanol–water partition coefficient (Wildman–Crippen LogP) is 3.44. The highest BCUT2D eigenvalue weighted by Crippen LogP contribution is 2.35. The molecule has 1 N–H and O–H groups in total. The summed E-state index contributed by atoms with van der Waals surface area (Å²) in [4.78, 5) is 1.18. The van der Waals surface area contributed by atoms with Gasteiger partial charge in [0.05, 0.1) is 8.68 Å². The molecule has 1 aliphatic rings. The first kappa shape index (κ1) is 14.3. The standard InChI is InChI=1S/C14H14BrNO2S2/c1-9-13(7-14(15)19-9)20(17,18)16-8-11-6-10-4-2-3-5-12(10)11/h2-5,7,11,16H,6,8H2,1H3. The van der Waals surface area contributed by atoms with Crippen LogP contribution in [0.25, 0.3) is 0 Å². The summed E-state index contributed by atoms with van der Waals surface area (Å²) in [6, 6.07) is 9.85. The fourth-order valence-corrected chi connectivity index (χ4v) is 6.02. The molecule has 2 aromatic rings. The van der Waals surface area contributed by atoms with Crippen LogP contribution in [-0.2, 0) is 16.4 Å². The first-order valence-corrected chi connectivity index (χ1v) is 9.40. The number of fused-ring (bicyclic) bond motifs is 1. The van der Waals surface area contributed by atoms with E-state index in [0.29, 0.717) is 17.4 Å². The Kier molecular flexibility index (Phi) is 3.75. The van der Waals surface area contributed by atoms with Gasteiger partial charge in [-0.1, -0.05) is 24.3 Å². The average Bonchev–Trinajstić information content (AvgIpc) is 2.70. The van der Waals surface area contributed by atoms with E-state index in [-0.39, 0.29) is 0 Å². The molecule has 1 aliphatic carbocycles. The Balaban J connectivity index is 1.72. The Morgan fingerprint density at radius 2 is 2.15 bits per heavy atom.